The summed E-state index contributed by atoms with van der Waals surface area (Å²) >= 11 is 6.25. The summed E-state index contributed by atoms with van der Waals surface area (Å²) < 4.78 is 28.2. The standard InChI is InChI=1S/C17H10N4O5S3/c22-16-13(9-10-5-7-11(8-6-10)21(23)24)28-17(27)20(16)18-15-12-3-1-2-4-14(12)29(25,26)19-15/h1-9H,(H,18,19)/b13-9-. The van der Waals surface area contributed by atoms with Crippen molar-refractivity contribution in [3.8, 4) is 0 Å². The number of nitro groups is 1. The molecule has 2 aromatic carbocycles. The topological polar surface area (TPSA) is 122 Å². The number of amides is 1. The van der Waals surface area contributed by atoms with E-state index in [4.69, 9.17) is 12.2 Å². The third kappa shape index (κ3) is 3.52. The molecule has 0 spiro atoms. The fraction of sp³-hybridized carbons (Fsp3) is 0. The van der Waals surface area contributed by atoms with E-state index in [9.17, 15) is 23.3 Å². The lowest BCUT2D eigenvalue weighted by atomic mass is 10.2. The minimum Gasteiger partial charge on any atom is -0.272 e. The highest BCUT2D eigenvalue weighted by Crippen LogP contribution is 2.33. The van der Waals surface area contributed by atoms with Gasteiger partial charge in [-0.05, 0) is 48.1 Å². The Kier molecular flexibility index (Phi) is 4.68. The van der Waals surface area contributed by atoms with E-state index in [1.54, 1.807) is 24.3 Å². The molecule has 0 aromatic heterocycles. The van der Waals surface area contributed by atoms with Crippen LogP contribution in [0.5, 0.6) is 0 Å². The van der Waals surface area contributed by atoms with Gasteiger partial charge in [-0.15, -0.1) is 4.40 Å². The summed E-state index contributed by atoms with van der Waals surface area (Å²) in [6.07, 6.45) is 1.55. The van der Waals surface area contributed by atoms with Crippen molar-refractivity contribution in [2.45, 2.75) is 4.90 Å². The van der Waals surface area contributed by atoms with E-state index in [0.717, 1.165) is 16.8 Å². The molecule has 2 aliphatic rings. The Balaban J connectivity index is 1.59. The largest absolute Gasteiger partial charge is 0.285 e. The average molecular weight is 446 g/mol. The summed E-state index contributed by atoms with van der Waals surface area (Å²) in [6.45, 7) is 0. The van der Waals surface area contributed by atoms with Gasteiger partial charge in [-0.2, -0.15) is 13.4 Å². The third-order valence-electron chi connectivity index (χ3n) is 4.04. The number of carbonyl (C=O) groups excluding carboxylic acids is 1. The highest BCUT2D eigenvalue weighted by atomic mass is 32.2. The van der Waals surface area contributed by atoms with Crippen LogP contribution in [0.2, 0.25) is 0 Å². The molecular weight excluding hydrogens is 436 g/mol. The van der Waals surface area contributed by atoms with Gasteiger partial charge in [-0.1, -0.05) is 23.9 Å². The molecule has 2 aliphatic heterocycles. The van der Waals surface area contributed by atoms with Crippen LogP contribution in [-0.2, 0) is 14.8 Å². The van der Waals surface area contributed by atoms with Gasteiger partial charge >= 0.3 is 0 Å². The van der Waals surface area contributed by atoms with E-state index in [-0.39, 0.29) is 25.6 Å². The predicted octanol–water partition coefficient (Wildman–Crippen LogP) is 2.45. The van der Waals surface area contributed by atoms with Crippen LogP contribution in [0.1, 0.15) is 11.1 Å². The van der Waals surface area contributed by atoms with Crippen molar-refractivity contribution in [2.24, 2.45) is 4.40 Å². The molecule has 0 radical (unpaired) electrons. The first-order valence-electron chi connectivity index (χ1n) is 8.00. The average Bonchev–Trinajstić information content (AvgIpc) is 3.10. The van der Waals surface area contributed by atoms with Crippen LogP contribution in [0, 0.1) is 10.1 Å². The molecule has 29 heavy (non-hydrogen) atoms. The Morgan fingerprint density at radius 2 is 1.86 bits per heavy atom. The fourth-order valence-corrected chi connectivity index (χ4v) is 5.05. The van der Waals surface area contributed by atoms with Crippen LogP contribution >= 0.6 is 24.0 Å². The maximum atomic E-state index is 12.7. The zero-order valence-electron chi connectivity index (χ0n) is 14.3. The number of nitrogens with zero attached hydrogens (tertiary/aromatic N) is 3. The second-order valence-corrected chi connectivity index (χ2v) is 9.14. The Morgan fingerprint density at radius 1 is 1.17 bits per heavy atom. The SMILES string of the molecule is O=C1/C(=C/c2ccc([N+](=O)[O-])cc2)SC(=S)N1NC1=NS(=O)(=O)c2ccccc21. The summed E-state index contributed by atoms with van der Waals surface area (Å²) in [7, 11) is -3.84. The number of nitrogens with one attached hydrogen (secondary N) is 1. The number of non-ortho nitro benzene ring substituents is 1. The summed E-state index contributed by atoms with van der Waals surface area (Å²) in [5.74, 6) is -0.476. The smallest absolute Gasteiger partial charge is 0.272 e. The molecule has 2 aromatic rings. The first-order valence-corrected chi connectivity index (χ1v) is 10.7. The Morgan fingerprint density at radius 3 is 2.55 bits per heavy atom. The van der Waals surface area contributed by atoms with Crippen LogP contribution < -0.4 is 5.43 Å². The maximum Gasteiger partial charge on any atom is 0.285 e. The number of thioether (sulfide) groups is 1. The lowest BCUT2D eigenvalue weighted by Gasteiger charge is -2.16. The number of hydrazine groups is 1. The first kappa shape index (κ1) is 19.2. The van der Waals surface area contributed by atoms with E-state index in [0.29, 0.717) is 11.1 Å². The number of fused-ring (bicyclic) bond motifs is 1. The minimum absolute atomic E-state index is 0.00786. The van der Waals surface area contributed by atoms with Crippen molar-refractivity contribution < 1.29 is 18.1 Å². The monoisotopic (exact) mass is 446 g/mol. The van der Waals surface area contributed by atoms with E-state index in [1.807, 2.05) is 0 Å². The number of carbonyl (C=O) groups is 1. The van der Waals surface area contributed by atoms with Crippen LogP contribution in [0.4, 0.5) is 5.69 Å². The molecule has 0 unspecified atom stereocenters. The lowest BCUT2D eigenvalue weighted by Crippen LogP contribution is -2.44. The van der Waals surface area contributed by atoms with Crippen LogP contribution in [0.15, 0.2) is 62.7 Å². The summed E-state index contributed by atoms with van der Waals surface area (Å²) in [4.78, 5) is 23.3. The molecule has 1 saturated heterocycles. The van der Waals surface area contributed by atoms with Gasteiger partial charge in [0.1, 0.15) is 4.90 Å². The van der Waals surface area contributed by atoms with Gasteiger partial charge in [0.25, 0.3) is 21.6 Å². The van der Waals surface area contributed by atoms with Gasteiger partial charge in [0.15, 0.2) is 10.2 Å². The second-order valence-electron chi connectivity index (χ2n) is 5.89. The molecular formula is C17H10N4O5S3. The van der Waals surface area contributed by atoms with Crippen molar-refractivity contribution in [3.05, 3.63) is 74.7 Å². The van der Waals surface area contributed by atoms with Crippen molar-refractivity contribution in [3.63, 3.8) is 0 Å². The van der Waals surface area contributed by atoms with Crippen LogP contribution in [0.3, 0.4) is 0 Å². The van der Waals surface area contributed by atoms with Crippen LogP contribution in [-0.4, -0.2) is 34.4 Å². The zero-order valence-corrected chi connectivity index (χ0v) is 16.8. The molecule has 2 heterocycles. The number of benzene rings is 2. The molecule has 12 heteroatoms. The fourth-order valence-electron chi connectivity index (χ4n) is 2.70. The summed E-state index contributed by atoms with van der Waals surface area (Å²) in [6, 6.07) is 12.0. The van der Waals surface area contributed by atoms with E-state index >= 15 is 0 Å². The van der Waals surface area contributed by atoms with Gasteiger partial charge in [0, 0.05) is 17.7 Å². The Bertz CT molecular complexity index is 1240. The number of nitro benzene ring substituents is 1. The van der Waals surface area contributed by atoms with Gasteiger partial charge in [-0.3, -0.25) is 20.3 Å². The van der Waals surface area contributed by atoms with E-state index in [1.165, 1.54) is 30.3 Å². The normalized spacial score (nSPS) is 18.7. The van der Waals surface area contributed by atoms with Crippen molar-refractivity contribution in [2.75, 3.05) is 0 Å². The molecule has 146 valence electrons. The number of hydrogen-bond acceptors (Lipinski definition) is 8. The van der Waals surface area contributed by atoms with Crippen molar-refractivity contribution in [1.29, 1.82) is 0 Å². The molecule has 9 nitrogen and oxygen atoms in total. The van der Waals surface area contributed by atoms with Gasteiger partial charge in [0.05, 0.1) is 9.83 Å². The minimum atomic E-state index is -3.84. The number of thiocarbonyl (C=S) groups is 1. The molecule has 1 fully saturated rings. The number of rotatable bonds is 3. The Labute approximate surface area is 174 Å². The summed E-state index contributed by atoms with van der Waals surface area (Å²) in [5, 5.41) is 11.8. The molecule has 0 bridgehead atoms. The van der Waals surface area contributed by atoms with Gasteiger partial charge in [0.2, 0.25) is 0 Å². The van der Waals surface area contributed by atoms with E-state index in [2.05, 4.69) is 9.82 Å². The zero-order chi connectivity index (χ0) is 20.8. The summed E-state index contributed by atoms with van der Waals surface area (Å²) in [5.41, 5.74) is 3.57. The number of amidine groups is 1. The highest BCUT2D eigenvalue weighted by molar-refractivity contribution is 8.26. The molecule has 0 saturated carbocycles. The van der Waals surface area contributed by atoms with Crippen molar-refractivity contribution >= 4 is 61.8 Å². The number of hydrogen-bond donors (Lipinski definition) is 1. The molecule has 0 aliphatic carbocycles. The quantitative estimate of drug-likeness (QED) is 0.330. The molecule has 0 atom stereocenters. The highest BCUT2D eigenvalue weighted by Gasteiger charge is 2.36. The third-order valence-corrected chi connectivity index (χ3v) is 6.68. The Hall–Kier alpha value is -3.09. The second kappa shape index (κ2) is 7.06. The molecule has 4 rings (SSSR count). The van der Waals surface area contributed by atoms with E-state index < -0.39 is 20.9 Å². The van der Waals surface area contributed by atoms with Gasteiger partial charge < -0.3 is 0 Å². The van der Waals surface area contributed by atoms with Crippen molar-refractivity contribution in [1.82, 2.24) is 10.4 Å². The predicted molar refractivity (Wildman–Crippen MR) is 111 cm³/mol. The molecule has 1 N–H and O–H groups in total. The van der Waals surface area contributed by atoms with Crippen LogP contribution in [0.25, 0.3) is 6.08 Å². The first-order chi connectivity index (χ1) is 13.8. The van der Waals surface area contributed by atoms with Gasteiger partial charge in [-0.25, -0.2) is 0 Å². The molecule has 1 amide bonds. The lowest BCUT2D eigenvalue weighted by molar-refractivity contribution is -0.384. The maximum absolute atomic E-state index is 12.7. The number of sulfonamides is 1.